The third kappa shape index (κ3) is 8.58. The van der Waals surface area contributed by atoms with Gasteiger partial charge in [-0.05, 0) is 32.1 Å². The molecular weight excluding hydrogens is 384 g/mol. The molecule has 3 N–H and O–H groups in total. The number of hydrogen-bond donors (Lipinski definition) is 4. The molecule has 0 aromatic heterocycles. The number of thiol groups is 2. The zero-order valence-corrected chi connectivity index (χ0v) is 12.9. The zero-order chi connectivity index (χ0) is 12.0. The number of esters is 1. The summed E-state index contributed by atoms with van der Waals surface area (Å²) in [6, 6.07) is -1.16. The van der Waals surface area contributed by atoms with E-state index < -0.39 is 24.1 Å². The molecule has 0 aliphatic rings. The topological polar surface area (TPSA) is 110 Å². The van der Waals surface area contributed by atoms with E-state index in [2.05, 4.69) is 30.4 Å². The van der Waals surface area contributed by atoms with Gasteiger partial charge in [-0.25, -0.2) is 4.79 Å². The Hall–Kier alpha value is 0.447. The van der Waals surface area contributed by atoms with Crippen LogP contribution >= 0.6 is 25.6 Å². The third-order valence-electron chi connectivity index (χ3n) is 1.34. The number of carboxylic acid groups (broad SMARTS) is 1. The second-order valence-electron chi connectivity index (χ2n) is 2.51. The fourth-order valence-corrected chi connectivity index (χ4v) is 0.668. The van der Waals surface area contributed by atoms with Crippen molar-refractivity contribution >= 4 is 43.7 Å². The van der Waals surface area contributed by atoms with E-state index in [1.807, 2.05) is 0 Å². The first kappa shape index (κ1) is 18.8. The van der Waals surface area contributed by atoms with Gasteiger partial charge in [0, 0.05) is 48.2 Å². The maximum atomic E-state index is 10.9. The molecule has 0 unspecified atom stereocenters. The van der Waals surface area contributed by atoms with Crippen LogP contribution in [0.3, 0.4) is 0 Å². The molecule has 0 bridgehead atoms. The summed E-state index contributed by atoms with van der Waals surface area (Å²) in [6.45, 7) is 0. The Kier molecular flexibility index (Phi) is 11.1. The van der Waals surface area contributed by atoms with Gasteiger partial charge in [-0.1, -0.05) is 0 Å². The van der Waals surface area contributed by atoms with E-state index in [0.29, 0.717) is 3.71 Å². The maximum absolute atomic E-state index is 10.9. The van der Waals surface area contributed by atoms with Crippen molar-refractivity contribution in [2.45, 2.75) is 18.9 Å². The number of carbonyl (C=O) groups excluding carboxylic acids is 2. The number of hydrogen-bond acceptors (Lipinski definition) is 7. The van der Waals surface area contributed by atoms with Crippen LogP contribution in [0.15, 0.2) is 0 Å². The van der Waals surface area contributed by atoms with Gasteiger partial charge in [0.25, 0.3) is 0 Å². The molecule has 0 heterocycles. The molecule has 16 heavy (non-hydrogen) atoms. The Morgan fingerprint density at radius 1 is 1.38 bits per heavy atom. The van der Waals surface area contributed by atoms with E-state index >= 15 is 0 Å². The molecule has 0 saturated heterocycles. The normalized spacial score (nSPS) is 10.9. The van der Waals surface area contributed by atoms with E-state index in [0.717, 1.165) is 0 Å². The predicted molar refractivity (Wildman–Crippen MR) is 56.1 cm³/mol. The third-order valence-corrected chi connectivity index (χ3v) is 1.67. The monoisotopic (exact) mass is 394 g/mol. The molecule has 0 aromatic carbocycles. The average Bonchev–Trinajstić information content (AvgIpc) is 2.13. The smallest absolute Gasteiger partial charge is 0.437 e. The molecule has 7 nitrogen and oxygen atoms in total. The summed E-state index contributed by atoms with van der Waals surface area (Å²) in [7, 11) is 0. The summed E-state index contributed by atoms with van der Waals surface area (Å²) in [5, 5.41) is 8.39. The summed E-state index contributed by atoms with van der Waals surface area (Å²) in [5.74, 6) is -2.11. The number of carbonyl (C=O) groups is 3. The van der Waals surface area contributed by atoms with Crippen LogP contribution in [0.4, 0.5) is 4.79 Å². The number of nitrogens with two attached hydrogens (primary N) is 1. The Morgan fingerprint density at radius 3 is 2.25 bits per heavy atom. The number of nitrogens with zero attached hydrogens (tertiary/aromatic N) is 1. The molecule has 1 atom stereocenters. The fourth-order valence-electron chi connectivity index (χ4n) is 0.586. The number of carboxylic acids is 1. The van der Waals surface area contributed by atoms with Gasteiger partial charge in [0.1, 0.15) is 6.04 Å². The van der Waals surface area contributed by atoms with Crippen molar-refractivity contribution in [1.82, 2.24) is 3.71 Å². The molecule has 90 valence electrons. The van der Waals surface area contributed by atoms with Crippen LogP contribution in [0.1, 0.15) is 12.8 Å². The van der Waals surface area contributed by atoms with Gasteiger partial charge in [0.2, 0.25) is 0 Å². The molecular formula is C6H10CeN2O5S2. The second-order valence-corrected chi connectivity index (χ2v) is 3.63. The van der Waals surface area contributed by atoms with Crippen molar-refractivity contribution < 1.29 is 66.0 Å². The van der Waals surface area contributed by atoms with Gasteiger partial charge in [-0.2, -0.15) is 3.71 Å². The SMILES string of the molecule is N[C@@H](CCC(=O)OC(=O)N(S)S)C(=O)O.[Ce]. The largest absolute Gasteiger partial charge is 0.480 e. The first-order chi connectivity index (χ1) is 6.84. The molecule has 0 aliphatic carbocycles. The maximum Gasteiger partial charge on any atom is 0.437 e. The molecule has 0 aliphatic heterocycles. The predicted octanol–water partition coefficient (Wildman–Crippen LogP) is -0.167. The van der Waals surface area contributed by atoms with Crippen LogP contribution in [-0.2, 0) is 14.3 Å². The quantitative estimate of drug-likeness (QED) is 0.300. The summed E-state index contributed by atoms with van der Waals surface area (Å²) < 4.78 is 4.67. The number of aliphatic carboxylic acids is 1. The van der Waals surface area contributed by atoms with Crippen molar-refractivity contribution in [3.63, 3.8) is 0 Å². The van der Waals surface area contributed by atoms with Crippen LogP contribution in [0.25, 0.3) is 0 Å². The van der Waals surface area contributed by atoms with E-state index in [-0.39, 0.29) is 54.6 Å². The zero-order valence-electron chi connectivity index (χ0n) is 7.99. The van der Waals surface area contributed by atoms with E-state index in [4.69, 9.17) is 10.8 Å². The molecule has 0 saturated carbocycles. The van der Waals surface area contributed by atoms with Crippen molar-refractivity contribution in [3.05, 3.63) is 0 Å². The second kappa shape index (κ2) is 9.47. The van der Waals surface area contributed by atoms with Crippen molar-refractivity contribution in [3.8, 4) is 0 Å². The minimum Gasteiger partial charge on any atom is -0.480 e. The molecule has 0 fully saturated rings. The van der Waals surface area contributed by atoms with Crippen molar-refractivity contribution in [1.29, 1.82) is 0 Å². The standard InChI is InChI=1S/C6H10N2O5S2.Ce/c7-3(5(10)11)1-2-4(9)13-6(12)8(14)15;/h3,14-15H,1-2,7H2,(H,10,11);/t3-;/m0./s1. The number of rotatable bonds is 4. The Morgan fingerprint density at radius 2 is 1.88 bits per heavy atom. The fraction of sp³-hybridized carbons (Fsp3) is 0.500. The van der Waals surface area contributed by atoms with Crippen molar-refractivity contribution in [2.24, 2.45) is 5.73 Å². The van der Waals surface area contributed by atoms with Gasteiger partial charge in [0.05, 0.1) is 0 Å². The average molecular weight is 394 g/mol. The molecule has 10 heteroatoms. The van der Waals surface area contributed by atoms with Gasteiger partial charge in [-0.15, -0.1) is 0 Å². The molecule has 0 aromatic rings. The van der Waals surface area contributed by atoms with Crippen LogP contribution in [-0.4, -0.2) is 32.9 Å². The van der Waals surface area contributed by atoms with E-state index in [1.165, 1.54) is 0 Å². The van der Waals surface area contributed by atoms with Gasteiger partial charge in [0.15, 0.2) is 0 Å². The van der Waals surface area contributed by atoms with E-state index in [9.17, 15) is 14.4 Å². The first-order valence-corrected chi connectivity index (χ1v) is 4.55. The van der Waals surface area contributed by atoms with E-state index in [1.54, 1.807) is 0 Å². The van der Waals surface area contributed by atoms with Crippen LogP contribution in [0, 0.1) is 41.7 Å². The summed E-state index contributed by atoms with van der Waals surface area (Å²) in [4.78, 5) is 31.9. The van der Waals surface area contributed by atoms with Gasteiger partial charge < -0.3 is 15.6 Å². The summed E-state index contributed by atoms with van der Waals surface area (Å²) in [5.41, 5.74) is 5.12. The van der Waals surface area contributed by atoms with Crippen LogP contribution < -0.4 is 5.73 Å². The molecule has 1 amide bonds. The molecule has 0 radical (unpaired) electrons. The first-order valence-electron chi connectivity index (χ1n) is 3.75. The summed E-state index contributed by atoms with van der Waals surface area (Å²) >= 11 is 6.92. The summed E-state index contributed by atoms with van der Waals surface area (Å²) in [6.07, 6.45) is -1.44. The van der Waals surface area contributed by atoms with Crippen molar-refractivity contribution in [2.75, 3.05) is 0 Å². The minimum atomic E-state index is -1.22. The Bertz CT molecular complexity index is 276. The number of ether oxygens (including phenoxy) is 1. The number of amides is 1. The minimum absolute atomic E-state index is 0. The Labute approximate surface area is 137 Å². The Balaban J connectivity index is 0. The van der Waals surface area contributed by atoms with Gasteiger partial charge in [-0.3, -0.25) is 9.59 Å². The van der Waals surface area contributed by atoms with Gasteiger partial charge >= 0.3 is 18.0 Å². The van der Waals surface area contributed by atoms with Crippen LogP contribution in [0.2, 0.25) is 0 Å². The van der Waals surface area contributed by atoms with Crippen LogP contribution in [0.5, 0.6) is 0 Å². The molecule has 0 rings (SSSR count). The molecule has 0 spiro atoms.